The van der Waals surface area contributed by atoms with Gasteiger partial charge in [-0.1, -0.05) is 49.8 Å². The van der Waals surface area contributed by atoms with Crippen molar-refractivity contribution in [3.63, 3.8) is 0 Å². The van der Waals surface area contributed by atoms with Crippen LogP contribution < -0.4 is 5.32 Å². The molecule has 0 radical (unpaired) electrons. The van der Waals surface area contributed by atoms with Crippen LogP contribution in [0.4, 0.5) is 5.82 Å². The van der Waals surface area contributed by atoms with Gasteiger partial charge >= 0.3 is 0 Å². The first-order valence-electron chi connectivity index (χ1n) is 11.2. The average molecular weight is 450 g/mol. The summed E-state index contributed by atoms with van der Waals surface area (Å²) in [5, 5.41) is 4.83. The van der Waals surface area contributed by atoms with E-state index in [2.05, 4.69) is 46.5 Å². The standard InChI is InChI=1S/C25H31N5OS/c1-4-9-20(18-10-6-5-7-11-18)28-24-23-19-13-15-30(22(31)12-8-14-29(2)3)16-21(19)32-25(23)27-17-26-24/h5-8,10-12,17,20H,4,9,13-16H2,1-3H3,(H,26,27,28)/b12-8+/t20-/m1/s1. The van der Waals surface area contributed by atoms with Gasteiger partial charge in [-0.05, 0) is 38.1 Å². The normalized spacial score (nSPS) is 14.8. The number of benzene rings is 1. The lowest BCUT2D eigenvalue weighted by Gasteiger charge is -2.26. The number of amides is 1. The van der Waals surface area contributed by atoms with Gasteiger partial charge in [-0.25, -0.2) is 9.97 Å². The van der Waals surface area contributed by atoms with Gasteiger partial charge < -0.3 is 15.1 Å². The number of thiophene rings is 1. The van der Waals surface area contributed by atoms with Gasteiger partial charge in [-0.2, -0.15) is 0 Å². The Bertz CT molecular complexity index is 1090. The molecule has 4 rings (SSSR count). The number of nitrogens with zero attached hydrogens (tertiary/aromatic N) is 4. The fraction of sp³-hybridized carbons (Fsp3) is 0.400. The quantitative estimate of drug-likeness (QED) is 0.508. The van der Waals surface area contributed by atoms with Crippen molar-refractivity contribution in [3.05, 3.63) is 64.8 Å². The Balaban J connectivity index is 1.58. The molecule has 0 bridgehead atoms. The van der Waals surface area contributed by atoms with E-state index in [9.17, 15) is 4.79 Å². The van der Waals surface area contributed by atoms with Gasteiger partial charge in [0.2, 0.25) is 5.91 Å². The molecule has 168 valence electrons. The first-order chi connectivity index (χ1) is 15.6. The number of hydrogen-bond acceptors (Lipinski definition) is 6. The van der Waals surface area contributed by atoms with Crippen LogP contribution >= 0.6 is 11.3 Å². The predicted octanol–water partition coefficient (Wildman–Crippen LogP) is 4.65. The third kappa shape index (κ3) is 5.00. The Morgan fingerprint density at radius 1 is 1.28 bits per heavy atom. The van der Waals surface area contributed by atoms with E-state index in [-0.39, 0.29) is 11.9 Å². The maximum absolute atomic E-state index is 12.6. The third-order valence-corrected chi connectivity index (χ3v) is 6.89. The Hall–Kier alpha value is -2.77. The molecule has 0 spiro atoms. The van der Waals surface area contributed by atoms with E-state index in [4.69, 9.17) is 0 Å². The van der Waals surface area contributed by atoms with E-state index < -0.39 is 0 Å². The van der Waals surface area contributed by atoms with Crippen LogP contribution in [0.2, 0.25) is 0 Å². The number of anilines is 1. The number of rotatable bonds is 8. The summed E-state index contributed by atoms with van der Waals surface area (Å²) >= 11 is 1.68. The highest BCUT2D eigenvalue weighted by molar-refractivity contribution is 7.19. The highest BCUT2D eigenvalue weighted by atomic mass is 32.1. The van der Waals surface area contributed by atoms with E-state index in [1.165, 1.54) is 16.0 Å². The third-order valence-electron chi connectivity index (χ3n) is 5.77. The molecule has 7 heteroatoms. The molecule has 2 aromatic heterocycles. The Morgan fingerprint density at radius 2 is 2.09 bits per heavy atom. The van der Waals surface area contributed by atoms with Crippen LogP contribution in [0, 0.1) is 0 Å². The molecule has 32 heavy (non-hydrogen) atoms. The largest absolute Gasteiger partial charge is 0.363 e. The summed E-state index contributed by atoms with van der Waals surface area (Å²) < 4.78 is 0. The van der Waals surface area contributed by atoms with Gasteiger partial charge in [0.05, 0.1) is 18.0 Å². The first kappa shape index (κ1) is 22.4. The molecule has 0 saturated carbocycles. The molecule has 1 aromatic carbocycles. The lowest BCUT2D eigenvalue weighted by Crippen LogP contribution is -2.34. The molecular formula is C25H31N5OS. The maximum atomic E-state index is 12.6. The summed E-state index contributed by atoms with van der Waals surface area (Å²) in [4.78, 5) is 28.0. The average Bonchev–Trinajstić information content (AvgIpc) is 3.17. The Morgan fingerprint density at radius 3 is 2.84 bits per heavy atom. The number of likely N-dealkylation sites (N-methyl/N-ethyl adjacent to an activating group) is 1. The molecule has 1 N–H and O–H groups in total. The van der Waals surface area contributed by atoms with Crippen LogP contribution in [-0.2, 0) is 17.8 Å². The molecule has 3 heterocycles. The molecule has 1 amide bonds. The maximum Gasteiger partial charge on any atom is 0.246 e. The topological polar surface area (TPSA) is 61.4 Å². The van der Waals surface area contributed by atoms with Gasteiger partial charge in [0.1, 0.15) is 17.0 Å². The second kappa shape index (κ2) is 10.2. The molecule has 0 aliphatic carbocycles. The zero-order chi connectivity index (χ0) is 22.5. The lowest BCUT2D eigenvalue weighted by molar-refractivity contribution is -0.126. The summed E-state index contributed by atoms with van der Waals surface area (Å²) in [6.07, 6.45) is 8.21. The number of carbonyl (C=O) groups excluding carboxylic acids is 1. The van der Waals surface area contributed by atoms with Gasteiger partial charge in [0, 0.05) is 24.0 Å². The van der Waals surface area contributed by atoms with Crippen LogP contribution in [-0.4, -0.2) is 52.9 Å². The smallest absolute Gasteiger partial charge is 0.246 e. The monoisotopic (exact) mass is 449 g/mol. The van der Waals surface area contributed by atoms with Crippen molar-refractivity contribution >= 4 is 33.3 Å². The van der Waals surface area contributed by atoms with Gasteiger partial charge in [-0.3, -0.25) is 4.79 Å². The van der Waals surface area contributed by atoms with E-state index in [0.29, 0.717) is 6.54 Å². The summed E-state index contributed by atoms with van der Waals surface area (Å²) in [5.74, 6) is 0.979. The van der Waals surface area contributed by atoms with Crippen LogP contribution in [0.15, 0.2) is 48.8 Å². The number of aromatic nitrogens is 2. The Labute approximate surface area is 194 Å². The van der Waals surface area contributed by atoms with E-state index >= 15 is 0 Å². The minimum absolute atomic E-state index is 0.0754. The molecule has 0 unspecified atom stereocenters. The summed E-state index contributed by atoms with van der Waals surface area (Å²) in [6, 6.07) is 10.8. The first-order valence-corrected chi connectivity index (χ1v) is 12.0. The Kier molecular flexibility index (Phi) is 7.17. The highest BCUT2D eigenvalue weighted by Crippen LogP contribution is 2.38. The second-order valence-corrected chi connectivity index (χ2v) is 9.56. The summed E-state index contributed by atoms with van der Waals surface area (Å²) in [6.45, 7) is 4.32. The molecule has 0 fully saturated rings. The van der Waals surface area contributed by atoms with Crippen molar-refractivity contribution in [2.24, 2.45) is 0 Å². The van der Waals surface area contributed by atoms with Crippen molar-refractivity contribution in [2.45, 2.75) is 38.8 Å². The SMILES string of the molecule is CCC[C@@H](Nc1ncnc2sc3c(c12)CCN(C(=O)/C=C/CN(C)C)C3)c1ccccc1. The van der Waals surface area contributed by atoms with E-state index in [1.54, 1.807) is 23.7 Å². The zero-order valence-corrected chi connectivity index (χ0v) is 19.9. The molecule has 1 atom stereocenters. The van der Waals surface area contributed by atoms with Crippen molar-refractivity contribution in [3.8, 4) is 0 Å². The minimum Gasteiger partial charge on any atom is -0.363 e. The molecule has 1 aliphatic heterocycles. The second-order valence-electron chi connectivity index (χ2n) is 8.48. The number of nitrogens with one attached hydrogen (secondary N) is 1. The number of fused-ring (bicyclic) bond motifs is 3. The highest BCUT2D eigenvalue weighted by Gasteiger charge is 2.26. The fourth-order valence-corrected chi connectivity index (χ4v) is 5.36. The molecule has 0 saturated heterocycles. The van der Waals surface area contributed by atoms with Gasteiger partial charge in [-0.15, -0.1) is 11.3 Å². The van der Waals surface area contributed by atoms with Crippen molar-refractivity contribution in [1.29, 1.82) is 0 Å². The van der Waals surface area contributed by atoms with E-state index in [1.807, 2.05) is 36.0 Å². The van der Waals surface area contributed by atoms with Crippen LogP contribution in [0.1, 0.15) is 41.8 Å². The van der Waals surface area contributed by atoms with Crippen LogP contribution in [0.3, 0.4) is 0 Å². The molecule has 3 aromatic rings. The fourth-order valence-electron chi connectivity index (χ4n) is 4.16. The summed E-state index contributed by atoms with van der Waals surface area (Å²) in [7, 11) is 3.99. The number of carbonyl (C=O) groups is 1. The van der Waals surface area contributed by atoms with Crippen molar-refractivity contribution in [1.82, 2.24) is 19.8 Å². The van der Waals surface area contributed by atoms with Crippen LogP contribution in [0.25, 0.3) is 10.2 Å². The van der Waals surface area contributed by atoms with E-state index in [0.717, 1.165) is 48.4 Å². The molecule has 1 aliphatic rings. The molecular weight excluding hydrogens is 418 g/mol. The lowest BCUT2D eigenvalue weighted by atomic mass is 10.0. The van der Waals surface area contributed by atoms with Crippen molar-refractivity contribution in [2.75, 3.05) is 32.5 Å². The van der Waals surface area contributed by atoms with Crippen LogP contribution in [0.5, 0.6) is 0 Å². The number of hydrogen-bond donors (Lipinski definition) is 1. The zero-order valence-electron chi connectivity index (χ0n) is 19.0. The van der Waals surface area contributed by atoms with Gasteiger partial charge in [0.25, 0.3) is 0 Å². The minimum atomic E-state index is 0.0754. The summed E-state index contributed by atoms with van der Waals surface area (Å²) in [5.41, 5.74) is 2.56. The molecule has 6 nitrogen and oxygen atoms in total. The predicted molar refractivity (Wildman–Crippen MR) is 132 cm³/mol. The van der Waals surface area contributed by atoms with Gasteiger partial charge in [0.15, 0.2) is 0 Å². The van der Waals surface area contributed by atoms with Crippen molar-refractivity contribution < 1.29 is 4.79 Å².